The minimum Gasteiger partial charge on any atom is -0.296 e. The quantitative estimate of drug-likeness (QED) is 0.608. The molecule has 0 unspecified atom stereocenters. The summed E-state index contributed by atoms with van der Waals surface area (Å²) < 4.78 is 1.08. The van der Waals surface area contributed by atoms with Crippen LogP contribution in [0.1, 0.15) is 11.3 Å². The predicted octanol–water partition coefficient (Wildman–Crippen LogP) is 2.38. The number of aryl methyl sites for hydroxylation is 1. The number of pyridine rings is 1. The SMILES string of the molecule is C=Nc1cnc(C)c(I)c1C=NC. The van der Waals surface area contributed by atoms with Gasteiger partial charge in [0.25, 0.3) is 0 Å². The summed E-state index contributed by atoms with van der Waals surface area (Å²) in [5, 5.41) is 0. The van der Waals surface area contributed by atoms with Gasteiger partial charge in [0.05, 0.1) is 17.6 Å². The Morgan fingerprint density at radius 2 is 2.31 bits per heavy atom. The van der Waals surface area contributed by atoms with Crippen molar-refractivity contribution in [1.82, 2.24) is 4.98 Å². The van der Waals surface area contributed by atoms with Gasteiger partial charge in [-0.1, -0.05) is 0 Å². The Hall–Kier alpha value is -0.780. The van der Waals surface area contributed by atoms with Crippen molar-refractivity contribution in [3.8, 4) is 0 Å². The number of hydrogen-bond donors (Lipinski definition) is 0. The molecule has 13 heavy (non-hydrogen) atoms. The maximum absolute atomic E-state index is 4.19. The molecule has 0 N–H and O–H groups in total. The predicted molar refractivity (Wildman–Crippen MR) is 64.4 cm³/mol. The minimum absolute atomic E-state index is 0.778. The first-order valence-electron chi connectivity index (χ1n) is 3.74. The summed E-state index contributed by atoms with van der Waals surface area (Å²) in [5.74, 6) is 0. The van der Waals surface area contributed by atoms with Crippen molar-refractivity contribution in [3.05, 3.63) is 21.0 Å². The summed E-state index contributed by atoms with van der Waals surface area (Å²) in [6.07, 6.45) is 3.49. The highest BCUT2D eigenvalue weighted by Crippen LogP contribution is 2.23. The summed E-state index contributed by atoms with van der Waals surface area (Å²) >= 11 is 2.24. The Balaban J connectivity index is 3.40. The summed E-state index contributed by atoms with van der Waals surface area (Å²) in [6.45, 7) is 5.45. The van der Waals surface area contributed by atoms with E-state index in [1.807, 2.05) is 6.92 Å². The highest BCUT2D eigenvalue weighted by Gasteiger charge is 2.06. The molecule has 0 aliphatic heterocycles. The van der Waals surface area contributed by atoms with Crippen molar-refractivity contribution in [2.24, 2.45) is 9.98 Å². The fraction of sp³-hybridized carbons (Fsp3) is 0.222. The zero-order chi connectivity index (χ0) is 9.84. The van der Waals surface area contributed by atoms with Gasteiger partial charge in [-0.2, -0.15) is 0 Å². The molecule has 0 atom stereocenters. The second kappa shape index (κ2) is 4.45. The molecule has 0 amide bonds. The van der Waals surface area contributed by atoms with Crippen LogP contribution in [0.25, 0.3) is 0 Å². The van der Waals surface area contributed by atoms with Crippen LogP contribution in [0.2, 0.25) is 0 Å². The molecular weight excluding hydrogens is 277 g/mol. The number of hydrogen-bond acceptors (Lipinski definition) is 3. The average Bonchev–Trinajstić information content (AvgIpc) is 2.14. The third-order valence-corrected chi connectivity index (χ3v) is 3.00. The average molecular weight is 287 g/mol. The molecule has 1 aromatic heterocycles. The van der Waals surface area contributed by atoms with E-state index in [4.69, 9.17) is 0 Å². The smallest absolute Gasteiger partial charge is 0.0904 e. The largest absolute Gasteiger partial charge is 0.296 e. The van der Waals surface area contributed by atoms with Crippen LogP contribution in [0.5, 0.6) is 0 Å². The van der Waals surface area contributed by atoms with Crippen molar-refractivity contribution in [2.45, 2.75) is 6.92 Å². The third-order valence-electron chi connectivity index (χ3n) is 1.64. The van der Waals surface area contributed by atoms with Crippen LogP contribution in [0.15, 0.2) is 16.2 Å². The van der Waals surface area contributed by atoms with Crippen LogP contribution < -0.4 is 0 Å². The van der Waals surface area contributed by atoms with E-state index in [-0.39, 0.29) is 0 Å². The van der Waals surface area contributed by atoms with Crippen LogP contribution in [0.3, 0.4) is 0 Å². The summed E-state index contributed by atoms with van der Waals surface area (Å²) in [5.41, 5.74) is 2.76. The number of rotatable bonds is 2. The maximum Gasteiger partial charge on any atom is 0.0904 e. The molecule has 0 saturated carbocycles. The monoisotopic (exact) mass is 287 g/mol. The molecule has 0 bridgehead atoms. The van der Waals surface area contributed by atoms with Gasteiger partial charge in [-0.05, 0) is 36.2 Å². The van der Waals surface area contributed by atoms with Crippen LogP contribution >= 0.6 is 22.6 Å². The molecule has 0 fully saturated rings. The number of nitrogens with zero attached hydrogens (tertiary/aromatic N) is 3. The first kappa shape index (κ1) is 10.3. The fourth-order valence-electron chi connectivity index (χ4n) is 0.969. The van der Waals surface area contributed by atoms with Gasteiger partial charge in [-0.25, -0.2) is 0 Å². The van der Waals surface area contributed by atoms with Crippen LogP contribution in [-0.2, 0) is 0 Å². The van der Waals surface area contributed by atoms with Crippen molar-refractivity contribution in [1.29, 1.82) is 0 Å². The van der Waals surface area contributed by atoms with E-state index in [2.05, 4.69) is 44.3 Å². The molecule has 0 aromatic carbocycles. The van der Waals surface area contributed by atoms with E-state index in [9.17, 15) is 0 Å². The Labute approximate surface area is 91.2 Å². The maximum atomic E-state index is 4.19. The van der Waals surface area contributed by atoms with Gasteiger partial charge in [0.1, 0.15) is 0 Å². The second-order valence-corrected chi connectivity index (χ2v) is 3.58. The van der Waals surface area contributed by atoms with Gasteiger partial charge >= 0.3 is 0 Å². The molecule has 3 nitrogen and oxygen atoms in total. The van der Waals surface area contributed by atoms with E-state index in [1.165, 1.54) is 0 Å². The van der Waals surface area contributed by atoms with E-state index >= 15 is 0 Å². The van der Waals surface area contributed by atoms with Crippen molar-refractivity contribution < 1.29 is 0 Å². The van der Waals surface area contributed by atoms with Crippen LogP contribution in [-0.4, -0.2) is 25.0 Å². The lowest BCUT2D eigenvalue weighted by Gasteiger charge is -2.04. The normalized spacial score (nSPS) is 10.7. The van der Waals surface area contributed by atoms with Crippen molar-refractivity contribution >= 4 is 41.2 Å². The third kappa shape index (κ3) is 2.12. The van der Waals surface area contributed by atoms with Gasteiger partial charge in [0.15, 0.2) is 0 Å². The standard InChI is InChI=1S/C9H10IN3/c1-6-9(10)7(4-11-2)8(12-3)5-13-6/h4-5H,3H2,1-2H3. The number of aromatic nitrogens is 1. The first-order chi connectivity index (χ1) is 6.20. The Morgan fingerprint density at radius 3 is 2.85 bits per heavy atom. The van der Waals surface area contributed by atoms with Gasteiger partial charge in [-0.15, -0.1) is 0 Å². The van der Waals surface area contributed by atoms with Crippen LogP contribution in [0.4, 0.5) is 5.69 Å². The lowest BCUT2D eigenvalue weighted by atomic mass is 10.2. The topological polar surface area (TPSA) is 37.6 Å². The minimum atomic E-state index is 0.778. The molecule has 0 spiro atoms. The Kier molecular flexibility index (Phi) is 3.53. The first-order valence-corrected chi connectivity index (χ1v) is 4.82. The molecule has 0 radical (unpaired) electrons. The highest BCUT2D eigenvalue weighted by molar-refractivity contribution is 14.1. The van der Waals surface area contributed by atoms with Crippen LogP contribution in [0, 0.1) is 10.5 Å². The molecule has 0 aliphatic carbocycles. The number of aliphatic imine (C=N–C) groups is 2. The van der Waals surface area contributed by atoms with E-state index < -0.39 is 0 Å². The van der Waals surface area contributed by atoms with Crippen molar-refractivity contribution in [3.63, 3.8) is 0 Å². The highest BCUT2D eigenvalue weighted by atomic mass is 127. The Morgan fingerprint density at radius 1 is 1.62 bits per heavy atom. The zero-order valence-corrected chi connectivity index (χ0v) is 9.74. The lowest BCUT2D eigenvalue weighted by Crippen LogP contribution is -1.94. The van der Waals surface area contributed by atoms with E-state index in [1.54, 1.807) is 19.5 Å². The van der Waals surface area contributed by atoms with Gasteiger partial charge < -0.3 is 0 Å². The van der Waals surface area contributed by atoms with E-state index in [0.29, 0.717) is 0 Å². The molecule has 0 aliphatic rings. The Bertz CT molecular complexity index is 358. The summed E-state index contributed by atoms with van der Waals surface area (Å²) in [6, 6.07) is 0. The zero-order valence-electron chi connectivity index (χ0n) is 7.58. The lowest BCUT2D eigenvalue weighted by molar-refractivity contribution is 1.17. The van der Waals surface area contributed by atoms with Gasteiger partial charge in [-0.3, -0.25) is 15.0 Å². The molecule has 0 saturated heterocycles. The molecule has 68 valence electrons. The molecule has 1 heterocycles. The molecule has 1 aromatic rings. The fourth-order valence-corrected chi connectivity index (χ4v) is 1.52. The molecule has 1 rings (SSSR count). The van der Waals surface area contributed by atoms with Gasteiger partial charge in [0.2, 0.25) is 0 Å². The number of halogens is 1. The van der Waals surface area contributed by atoms with Gasteiger partial charge in [0, 0.05) is 22.4 Å². The summed E-state index contributed by atoms with van der Waals surface area (Å²) in [4.78, 5) is 12.0. The molecular formula is C9H10IN3. The van der Waals surface area contributed by atoms with E-state index in [0.717, 1.165) is 20.5 Å². The molecule has 4 heteroatoms. The second-order valence-electron chi connectivity index (χ2n) is 2.50. The van der Waals surface area contributed by atoms with Crippen molar-refractivity contribution in [2.75, 3.05) is 7.05 Å². The summed E-state index contributed by atoms with van der Waals surface area (Å²) in [7, 11) is 1.73.